The summed E-state index contributed by atoms with van der Waals surface area (Å²) < 4.78 is 51.0. The van der Waals surface area contributed by atoms with Crippen LogP contribution >= 0.6 is 0 Å². The number of halogens is 3. The second-order valence-electron chi connectivity index (χ2n) is 3.42. The van der Waals surface area contributed by atoms with Crippen molar-refractivity contribution in [3.63, 3.8) is 0 Å². The molecule has 8 heteroatoms. The molecule has 2 N–H and O–H groups in total. The lowest BCUT2D eigenvalue weighted by Gasteiger charge is -2.17. The number of rotatable bonds is 4. The van der Waals surface area contributed by atoms with Gasteiger partial charge < -0.3 is 19.9 Å². The van der Waals surface area contributed by atoms with Crippen LogP contribution in [0.25, 0.3) is 0 Å². The van der Waals surface area contributed by atoms with Gasteiger partial charge in [0.2, 0.25) is 5.75 Å². The van der Waals surface area contributed by atoms with Gasteiger partial charge in [-0.1, -0.05) is 0 Å². The first-order valence-corrected chi connectivity index (χ1v) is 4.98. The standard InChI is InChI=1S/C11H11F3N2O3/c1-17-8-3-7(16)6(4-15)9(10(8)18-2)19-5-11(12,13)14/h3H,5,16H2,1-2H3. The first-order chi connectivity index (χ1) is 8.84. The van der Waals surface area contributed by atoms with E-state index in [9.17, 15) is 13.2 Å². The Morgan fingerprint density at radius 1 is 1.26 bits per heavy atom. The molecule has 0 spiro atoms. The highest BCUT2D eigenvalue weighted by atomic mass is 19.4. The van der Waals surface area contributed by atoms with Gasteiger partial charge in [0, 0.05) is 6.07 Å². The van der Waals surface area contributed by atoms with Crippen LogP contribution in [0.5, 0.6) is 17.2 Å². The Labute approximate surface area is 107 Å². The maximum absolute atomic E-state index is 12.2. The van der Waals surface area contributed by atoms with E-state index in [-0.39, 0.29) is 28.5 Å². The second kappa shape index (κ2) is 5.56. The predicted octanol–water partition coefficient (Wildman–Crippen LogP) is 2.10. The van der Waals surface area contributed by atoms with Gasteiger partial charge in [0.25, 0.3) is 0 Å². The Bertz CT molecular complexity index is 509. The van der Waals surface area contributed by atoms with Gasteiger partial charge in [0.05, 0.1) is 19.9 Å². The first-order valence-electron chi connectivity index (χ1n) is 4.98. The zero-order valence-corrected chi connectivity index (χ0v) is 10.2. The summed E-state index contributed by atoms with van der Waals surface area (Å²) in [5.41, 5.74) is 5.26. The second-order valence-corrected chi connectivity index (χ2v) is 3.42. The molecule has 0 aliphatic carbocycles. The van der Waals surface area contributed by atoms with Crippen LogP contribution in [0.15, 0.2) is 6.07 Å². The van der Waals surface area contributed by atoms with Gasteiger partial charge in [0.1, 0.15) is 11.6 Å². The third-order valence-electron chi connectivity index (χ3n) is 2.15. The van der Waals surface area contributed by atoms with Crippen molar-refractivity contribution in [1.82, 2.24) is 0 Å². The number of hydrogen-bond donors (Lipinski definition) is 1. The molecule has 0 heterocycles. The normalized spacial score (nSPS) is 10.7. The Balaban J connectivity index is 3.32. The van der Waals surface area contributed by atoms with Crippen LogP contribution in [0, 0.1) is 11.3 Å². The van der Waals surface area contributed by atoms with Crippen molar-refractivity contribution in [3.8, 4) is 23.3 Å². The van der Waals surface area contributed by atoms with Crippen molar-refractivity contribution < 1.29 is 27.4 Å². The third-order valence-corrected chi connectivity index (χ3v) is 2.15. The van der Waals surface area contributed by atoms with Crippen LogP contribution in [0.3, 0.4) is 0 Å². The summed E-state index contributed by atoms with van der Waals surface area (Å²) in [6.07, 6.45) is -4.55. The van der Waals surface area contributed by atoms with Crippen LogP contribution < -0.4 is 19.9 Å². The van der Waals surface area contributed by atoms with Gasteiger partial charge in [-0.05, 0) is 0 Å². The molecule has 0 aromatic heterocycles. The molecule has 0 saturated carbocycles. The van der Waals surface area contributed by atoms with E-state index >= 15 is 0 Å². The molecule has 19 heavy (non-hydrogen) atoms. The average molecular weight is 276 g/mol. The molecule has 0 aliphatic heterocycles. The van der Waals surface area contributed by atoms with Crippen molar-refractivity contribution in [2.45, 2.75) is 6.18 Å². The lowest BCUT2D eigenvalue weighted by Crippen LogP contribution is -2.20. The number of methoxy groups -OCH3 is 2. The van der Waals surface area contributed by atoms with Crippen molar-refractivity contribution >= 4 is 5.69 Å². The van der Waals surface area contributed by atoms with Gasteiger partial charge in [0.15, 0.2) is 18.1 Å². The minimum Gasteiger partial charge on any atom is -0.493 e. The third kappa shape index (κ3) is 3.34. The summed E-state index contributed by atoms with van der Waals surface area (Å²) in [4.78, 5) is 0. The van der Waals surface area contributed by atoms with Gasteiger partial charge >= 0.3 is 6.18 Å². The minimum absolute atomic E-state index is 0.0580. The van der Waals surface area contributed by atoms with Crippen LogP contribution in [0.2, 0.25) is 0 Å². The fourth-order valence-corrected chi connectivity index (χ4v) is 1.39. The Morgan fingerprint density at radius 2 is 1.89 bits per heavy atom. The number of hydrogen-bond acceptors (Lipinski definition) is 5. The molecule has 0 fully saturated rings. The zero-order valence-electron chi connectivity index (χ0n) is 10.2. The Hall–Kier alpha value is -2.30. The molecule has 5 nitrogen and oxygen atoms in total. The van der Waals surface area contributed by atoms with Gasteiger partial charge in [-0.15, -0.1) is 0 Å². The molecule has 0 radical (unpaired) electrons. The van der Waals surface area contributed by atoms with Crippen LogP contribution in [-0.4, -0.2) is 27.0 Å². The van der Waals surface area contributed by atoms with E-state index in [1.165, 1.54) is 20.3 Å². The Kier molecular flexibility index (Phi) is 4.32. The van der Waals surface area contributed by atoms with E-state index in [4.69, 9.17) is 20.5 Å². The van der Waals surface area contributed by atoms with Crippen molar-refractivity contribution in [2.75, 3.05) is 26.6 Å². The molecule has 1 aromatic carbocycles. The van der Waals surface area contributed by atoms with Crippen molar-refractivity contribution in [1.29, 1.82) is 5.26 Å². The topological polar surface area (TPSA) is 77.5 Å². The van der Waals surface area contributed by atoms with E-state index in [0.717, 1.165) is 0 Å². The number of alkyl halides is 3. The summed E-state index contributed by atoms with van der Waals surface area (Å²) in [6, 6.07) is 2.95. The van der Waals surface area contributed by atoms with Gasteiger partial charge in [-0.2, -0.15) is 18.4 Å². The number of nitrogen functional groups attached to an aromatic ring is 1. The van der Waals surface area contributed by atoms with Gasteiger partial charge in [-0.25, -0.2) is 0 Å². The predicted molar refractivity (Wildman–Crippen MR) is 60.2 cm³/mol. The molecular weight excluding hydrogens is 265 g/mol. The molecular formula is C11H11F3N2O3. The summed E-state index contributed by atoms with van der Waals surface area (Å²) >= 11 is 0. The number of nitrogens with zero attached hydrogens (tertiary/aromatic N) is 1. The largest absolute Gasteiger partial charge is 0.493 e. The summed E-state index contributed by atoms with van der Waals surface area (Å²) in [5.74, 6) is -0.423. The number of ether oxygens (including phenoxy) is 3. The van der Waals surface area contributed by atoms with E-state index < -0.39 is 12.8 Å². The number of benzene rings is 1. The van der Waals surface area contributed by atoms with Crippen molar-refractivity contribution in [3.05, 3.63) is 11.6 Å². The lowest BCUT2D eigenvalue weighted by molar-refractivity contribution is -0.153. The molecule has 0 saturated heterocycles. The molecule has 0 bridgehead atoms. The average Bonchev–Trinajstić information content (AvgIpc) is 2.34. The van der Waals surface area contributed by atoms with E-state index in [1.54, 1.807) is 6.07 Å². The maximum atomic E-state index is 12.2. The Morgan fingerprint density at radius 3 is 2.32 bits per heavy atom. The highest BCUT2D eigenvalue weighted by molar-refractivity contribution is 5.71. The first kappa shape index (κ1) is 14.8. The highest BCUT2D eigenvalue weighted by Crippen LogP contribution is 2.43. The fraction of sp³-hybridized carbons (Fsp3) is 0.364. The molecule has 0 aliphatic rings. The summed E-state index contributed by atoms with van der Waals surface area (Å²) in [5, 5.41) is 8.92. The smallest absolute Gasteiger partial charge is 0.422 e. The van der Waals surface area contributed by atoms with Gasteiger partial charge in [-0.3, -0.25) is 0 Å². The van der Waals surface area contributed by atoms with Crippen LogP contribution in [0.1, 0.15) is 5.56 Å². The number of nitriles is 1. The zero-order chi connectivity index (χ0) is 14.6. The number of anilines is 1. The lowest BCUT2D eigenvalue weighted by atomic mass is 10.1. The van der Waals surface area contributed by atoms with Crippen LogP contribution in [-0.2, 0) is 0 Å². The summed E-state index contributed by atoms with van der Waals surface area (Å²) in [6.45, 7) is -1.56. The maximum Gasteiger partial charge on any atom is 0.422 e. The van der Waals surface area contributed by atoms with E-state index in [2.05, 4.69) is 4.74 Å². The van der Waals surface area contributed by atoms with Crippen LogP contribution in [0.4, 0.5) is 18.9 Å². The molecule has 0 unspecified atom stereocenters. The molecule has 1 aromatic rings. The SMILES string of the molecule is COc1cc(N)c(C#N)c(OCC(F)(F)F)c1OC. The van der Waals surface area contributed by atoms with E-state index in [0.29, 0.717) is 0 Å². The quantitative estimate of drug-likeness (QED) is 0.852. The number of nitrogens with two attached hydrogens (primary N) is 1. The molecule has 104 valence electrons. The summed E-state index contributed by atoms with van der Waals surface area (Å²) in [7, 11) is 2.51. The highest BCUT2D eigenvalue weighted by Gasteiger charge is 2.31. The van der Waals surface area contributed by atoms with Crippen molar-refractivity contribution in [2.24, 2.45) is 0 Å². The fourth-order valence-electron chi connectivity index (χ4n) is 1.39. The van der Waals surface area contributed by atoms with E-state index in [1.807, 2.05) is 0 Å². The molecule has 1 rings (SSSR count). The monoisotopic (exact) mass is 276 g/mol. The molecule has 0 atom stereocenters. The minimum atomic E-state index is -4.55. The molecule has 0 amide bonds.